The van der Waals surface area contributed by atoms with E-state index in [2.05, 4.69) is 22.0 Å². The molecule has 0 aliphatic heterocycles. The van der Waals surface area contributed by atoms with Gasteiger partial charge in [0.25, 0.3) is 0 Å². The summed E-state index contributed by atoms with van der Waals surface area (Å²) in [7, 11) is 1.70. The second-order valence-corrected chi connectivity index (χ2v) is 5.45. The van der Waals surface area contributed by atoms with Gasteiger partial charge in [0.05, 0.1) is 7.11 Å². The summed E-state index contributed by atoms with van der Waals surface area (Å²) in [4.78, 5) is 0. The topological polar surface area (TPSA) is 9.23 Å². The maximum Gasteiger partial charge on any atom is 0.122 e. The molecule has 0 amide bonds. The second kappa shape index (κ2) is 7.42. The van der Waals surface area contributed by atoms with Gasteiger partial charge in [0.2, 0.25) is 0 Å². The first-order valence-electron chi connectivity index (χ1n) is 4.74. The molecule has 1 nitrogen and oxygen atoms in total. The molecule has 0 atom stereocenters. The van der Waals surface area contributed by atoms with Gasteiger partial charge in [-0.25, -0.2) is 0 Å². The fraction of sp³-hybridized carbons (Fsp3) is 0.455. The van der Waals surface area contributed by atoms with E-state index in [9.17, 15) is 0 Å². The van der Waals surface area contributed by atoms with Crippen molar-refractivity contribution in [3.63, 3.8) is 0 Å². The van der Waals surface area contributed by atoms with Crippen molar-refractivity contribution in [3.05, 3.63) is 28.2 Å². The highest BCUT2D eigenvalue weighted by Crippen LogP contribution is 2.26. The molecule has 0 saturated heterocycles. The fourth-order valence-corrected chi connectivity index (χ4v) is 2.84. The van der Waals surface area contributed by atoms with E-state index in [1.807, 2.05) is 23.9 Å². The van der Waals surface area contributed by atoms with Crippen LogP contribution in [-0.4, -0.2) is 18.7 Å². The average Bonchev–Trinajstić information content (AvgIpc) is 2.25. The highest BCUT2D eigenvalue weighted by atomic mass is 79.9. The van der Waals surface area contributed by atoms with Crippen LogP contribution in [0.25, 0.3) is 0 Å². The third-order valence-corrected chi connectivity index (χ3v) is 3.78. The maximum atomic E-state index is 5.62. The summed E-state index contributed by atoms with van der Waals surface area (Å²) in [5.41, 5.74) is 1.23. The number of methoxy groups -OCH3 is 1. The molecule has 84 valence electrons. The third-order valence-electron chi connectivity index (χ3n) is 1.92. The van der Waals surface area contributed by atoms with Crippen LogP contribution >= 0.6 is 39.3 Å². The van der Waals surface area contributed by atoms with Gasteiger partial charge in [0.15, 0.2) is 0 Å². The molecule has 1 aromatic rings. The Balaban J connectivity index is 2.54. The molecule has 4 heteroatoms. The van der Waals surface area contributed by atoms with Crippen LogP contribution in [0.1, 0.15) is 12.0 Å². The van der Waals surface area contributed by atoms with Crippen LogP contribution in [0.5, 0.6) is 5.75 Å². The number of hydrogen-bond acceptors (Lipinski definition) is 2. The van der Waals surface area contributed by atoms with Gasteiger partial charge in [-0.05, 0) is 30.4 Å². The molecule has 0 spiro atoms. The lowest BCUT2D eigenvalue weighted by Crippen LogP contribution is -1.91. The number of rotatable bonds is 6. The van der Waals surface area contributed by atoms with Crippen LogP contribution in [0.4, 0.5) is 0 Å². The lowest BCUT2D eigenvalue weighted by atomic mass is 10.2. The van der Waals surface area contributed by atoms with Crippen molar-refractivity contribution in [2.45, 2.75) is 12.2 Å². The molecule has 0 bridgehead atoms. The molecule has 15 heavy (non-hydrogen) atoms. The highest BCUT2D eigenvalue weighted by molar-refractivity contribution is 9.10. The molecule has 0 aliphatic carbocycles. The molecule has 1 aromatic carbocycles. The Hall–Kier alpha value is 0.140. The van der Waals surface area contributed by atoms with E-state index < -0.39 is 0 Å². The summed E-state index contributed by atoms with van der Waals surface area (Å²) in [5.74, 6) is 3.76. The maximum absolute atomic E-state index is 5.62. The van der Waals surface area contributed by atoms with Gasteiger partial charge in [-0.3, -0.25) is 0 Å². The van der Waals surface area contributed by atoms with Crippen molar-refractivity contribution in [2.75, 3.05) is 18.7 Å². The molecule has 0 unspecified atom stereocenters. The number of ether oxygens (including phenoxy) is 1. The van der Waals surface area contributed by atoms with Crippen LogP contribution in [0.3, 0.4) is 0 Å². The van der Waals surface area contributed by atoms with E-state index in [1.54, 1.807) is 7.11 Å². The summed E-state index contributed by atoms with van der Waals surface area (Å²) in [6.45, 7) is 0. The Labute approximate surface area is 109 Å². The van der Waals surface area contributed by atoms with E-state index >= 15 is 0 Å². The van der Waals surface area contributed by atoms with Crippen LogP contribution in [0.2, 0.25) is 0 Å². The van der Waals surface area contributed by atoms with E-state index in [4.69, 9.17) is 16.3 Å². The predicted octanol–water partition coefficient (Wildman–Crippen LogP) is 4.32. The zero-order valence-electron chi connectivity index (χ0n) is 8.63. The molecule has 0 radical (unpaired) electrons. The van der Waals surface area contributed by atoms with E-state index in [-0.39, 0.29) is 0 Å². The molecule has 0 heterocycles. The summed E-state index contributed by atoms with van der Waals surface area (Å²) in [5, 5.41) is 0. The first-order valence-corrected chi connectivity index (χ1v) is 7.22. The van der Waals surface area contributed by atoms with Crippen molar-refractivity contribution in [1.29, 1.82) is 0 Å². The third kappa shape index (κ3) is 4.66. The summed E-state index contributed by atoms with van der Waals surface area (Å²) in [6.07, 6.45) is 1.06. The molecule has 0 saturated carbocycles. The van der Waals surface area contributed by atoms with E-state index in [1.165, 1.54) is 5.56 Å². The summed E-state index contributed by atoms with van der Waals surface area (Å²) >= 11 is 11.0. The van der Waals surface area contributed by atoms with Crippen LogP contribution in [-0.2, 0) is 5.75 Å². The largest absolute Gasteiger partial charge is 0.496 e. The van der Waals surface area contributed by atoms with Crippen LogP contribution in [0.15, 0.2) is 22.7 Å². The standard InChI is InChI=1S/C11H14BrClOS/c1-14-11-4-3-10(12)7-9(11)8-15-6-2-5-13/h3-4,7H,2,5-6,8H2,1H3. The number of benzene rings is 1. The second-order valence-electron chi connectivity index (χ2n) is 3.05. The van der Waals surface area contributed by atoms with Gasteiger partial charge in [-0.1, -0.05) is 15.9 Å². The van der Waals surface area contributed by atoms with Crippen LogP contribution < -0.4 is 4.74 Å². The Morgan fingerprint density at radius 1 is 1.47 bits per heavy atom. The van der Waals surface area contributed by atoms with Gasteiger partial charge >= 0.3 is 0 Å². The van der Waals surface area contributed by atoms with Crippen LogP contribution in [0, 0.1) is 0 Å². The number of thioether (sulfide) groups is 1. The molecule has 0 aromatic heterocycles. The zero-order chi connectivity index (χ0) is 11.1. The first kappa shape index (κ1) is 13.2. The van der Waals surface area contributed by atoms with Gasteiger partial charge in [-0.2, -0.15) is 11.8 Å². The van der Waals surface area contributed by atoms with Crippen molar-refractivity contribution in [1.82, 2.24) is 0 Å². The van der Waals surface area contributed by atoms with Gasteiger partial charge in [0, 0.05) is 21.7 Å². The number of alkyl halides is 1. The minimum Gasteiger partial charge on any atom is -0.496 e. The minimum absolute atomic E-state index is 0.739. The van der Waals surface area contributed by atoms with Gasteiger partial charge in [0.1, 0.15) is 5.75 Å². The van der Waals surface area contributed by atoms with E-state index in [0.29, 0.717) is 0 Å². The smallest absolute Gasteiger partial charge is 0.122 e. The molecular formula is C11H14BrClOS. The number of halogens is 2. The SMILES string of the molecule is COc1ccc(Br)cc1CSCCCCl. The highest BCUT2D eigenvalue weighted by Gasteiger charge is 2.03. The normalized spacial score (nSPS) is 10.3. The minimum atomic E-state index is 0.739. The Morgan fingerprint density at radius 2 is 2.27 bits per heavy atom. The monoisotopic (exact) mass is 308 g/mol. The van der Waals surface area contributed by atoms with Crippen molar-refractivity contribution in [3.8, 4) is 5.75 Å². The summed E-state index contributed by atoms with van der Waals surface area (Å²) in [6, 6.07) is 6.08. The van der Waals surface area contributed by atoms with E-state index in [0.717, 1.165) is 34.0 Å². The Bertz CT molecular complexity index is 307. The van der Waals surface area contributed by atoms with Crippen molar-refractivity contribution < 1.29 is 4.74 Å². The molecule has 0 aliphatic rings. The Kier molecular flexibility index (Phi) is 6.53. The average molecular weight is 310 g/mol. The lowest BCUT2D eigenvalue weighted by molar-refractivity contribution is 0.411. The molecule has 1 rings (SSSR count). The van der Waals surface area contributed by atoms with Crippen molar-refractivity contribution >= 4 is 39.3 Å². The van der Waals surface area contributed by atoms with Gasteiger partial charge in [-0.15, -0.1) is 11.6 Å². The van der Waals surface area contributed by atoms with Gasteiger partial charge < -0.3 is 4.74 Å². The zero-order valence-corrected chi connectivity index (χ0v) is 11.8. The fourth-order valence-electron chi connectivity index (χ4n) is 1.20. The summed E-state index contributed by atoms with van der Waals surface area (Å²) < 4.78 is 6.39. The quantitative estimate of drug-likeness (QED) is 0.572. The predicted molar refractivity (Wildman–Crippen MR) is 72.2 cm³/mol. The molecule has 0 fully saturated rings. The van der Waals surface area contributed by atoms with Crippen molar-refractivity contribution in [2.24, 2.45) is 0 Å². The number of hydrogen-bond donors (Lipinski definition) is 0. The lowest BCUT2D eigenvalue weighted by Gasteiger charge is -2.08. The first-order chi connectivity index (χ1) is 7.27. The molecule has 0 N–H and O–H groups in total. The molecular weight excluding hydrogens is 296 g/mol. The Morgan fingerprint density at radius 3 is 2.93 bits per heavy atom.